The van der Waals surface area contributed by atoms with E-state index < -0.39 is 48.5 Å². The number of carbonyl (C=O) groups excluding carboxylic acids is 4. The number of amides is 3. The molecule has 4 aromatic carbocycles. The maximum Gasteiger partial charge on any atom is 0.341 e. The molecular weight excluding hydrogens is 678 g/mol. The third kappa shape index (κ3) is 12.0. The smallest absolute Gasteiger partial charge is 0.341 e. The molecule has 0 saturated carbocycles. The fourth-order valence-corrected chi connectivity index (χ4v) is 5.84. The summed E-state index contributed by atoms with van der Waals surface area (Å²) in [5, 5.41) is 21.9. The summed E-state index contributed by atoms with van der Waals surface area (Å²) < 4.78 is 10.4. The number of carboxylic acids is 1. The summed E-state index contributed by atoms with van der Waals surface area (Å²) >= 11 is 0. The van der Waals surface area contributed by atoms with Crippen molar-refractivity contribution in [2.45, 2.75) is 50.2 Å². The number of nitrogens with one attached hydrogen (secondary N) is 1. The minimum absolute atomic E-state index is 0.0232. The molecule has 12 nitrogen and oxygen atoms in total. The number of hydrogen-bond donors (Lipinski definition) is 3. The van der Waals surface area contributed by atoms with Gasteiger partial charge in [0.25, 0.3) is 0 Å². The van der Waals surface area contributed by atoms with Crippen LogP contribution in [0.2, 0.25) is 0 Å². The SMILES string of the molecule is COc1ccc(C[C@@H](C(=O)N(C)[C@@H](Cc2ccccc2)C(=O)OCC(=O)O)N(C)C(=O)[C@@H](Cc2ccc(O)cc2)NC(=O)CCc2ccccc2)cc1. The maximum absolute atomic E-state index is 14.6. The molecule has 0 heterocycles. The van der Waals surface area contributed by atoms with Crippen molar-refractivity contribution in [3.63, 3.8) is 0 Å². The lowest BCUT2D eigenvalue weighted by molar-refractivity contribution is -0.162. The number of ether oxygens (including phenoxy) is 2. The molecule has 0 bridgehead atoms. The van der Waals surface area contributed by atoms with Gasteiger partial charge in [0.1, 0.15) is 29.6 Å². The highest BCUT2D eigenvalue weighted by atomic mass is 16.6. The van der Waals surface area contributed by atoms with Gasteiger partial charge in [-0.1, -0.05) is 84.9 Å². The number of phenolic OH excluding ortho intramolecular Hbond substituents is 1. The molecule has 0 saturated heterocycles. The van der Waals surface area contributed by atoms with E-state index >= 15 is 0 Å². The van der Waals surface area contributed by atoms with Gasteiger partial charge in [-0.2, -0.15) is 0 Å². The fourth-order valence-electron chi connectivity index (χ4n) is 5.84. The van der Waals surface area contributed by atoms with E-state index in [4.69, 9.17) is 9.47 Å². The van der Waals surface area contributed by atoms with Crippen molar-refractivity contribution >= 4 is 29.7 Å². The first-order valence-corrected chi connectivity index (χ1v) is 17.1. The molecule has 0 spiro atoms. The zero-order valence-electron chi connectivity index (χ0n) is 30.0. The number of hydrogen-bond acceptors (Lipinski definition) is 8. The second-order valence-corrected chi connectivity index (χ2v) is 12.6. The molecule has 4 rings (SSSR count). The average molecular weight is 724 g/mol. The summed E-state index contributed by atoms with van der Waals surface area (Å²) in [6.07, 6.45) is 0.690. The molecule has 0 aliphatic heterocycles. The number of phenols is 1. The quantitative estimate of drug-likeness (QED) is 0.130. The van der Waals surface area contributed by atoms with Crippen LogP contribution < -0.4 is 10.1 Å². The third-order valence-electron chi connectivity index (χ3n) is 8.88. The number of aromatic hydroxyl groups is 1. The Labute approximate surface area is 308 Å². The molecule has 12 heteroatoms. The number of aliphatic carboxylic acids is 1. The number of likely N-dealkylation sites (N-methyl/N-ethyl adjacent to an activating group) is 2. The van der Waals surface area contributed by atoms with Gasteiger partial charge in [0.05, 0.1) is 7.11 Å². The zero-order valence-corrected chi connectivity index (χ0v) is 30.0. The Morgan fingerprint density at radius 2 is 1.17 bits per heavy atom. The highest BCUT2D eigenvalue weighted by molar-refractivity contribution is 5.94. The Balaban J connectivity index is 1.66. The van der Waals surface area contributed by atoms with Gasteiger partial charge in [-0.15, -0.1) is 0 Å². The van der Waals surface area contributed by atoms with Crippen molar-refractivity contribution in [3.8, 4) is 11.5 Å². The maximum atomic E-state index is 14.6. The topological polar surface area (TPSA) is 163 Å². The number of nitrogens with zero attached hydrogens (tertiary/aromatic N) is 2. The van der Waals surface area contributed by atoms with E-state index in [1.54, 1.807) is 66.7 Å². The number of benzene rings is 4. The Morgan fingerprint density at radius 3 is 1.75 bits per heavy atom. The van der Waals surface area contributed by atoms with E-state index in [0.29, 0.717) is 28.9 Å². The van der Waals surface area contributed by atoms with Crippen molar-refractivity contribution in [1.29, 1.82) is 0 Å². The summed E-state index contributed by atoms with van der Waals surface area (Å²) in [5.74, 6) is -3.16. The Morgan fingerprint density at radius 1 is 0.660 bits per heavy atom. The van der Waals surface area contributed by atoms with Crippen LogP contribution in [0.3, 0.4) is 0 Å². The number of carboxylic acid groups (broad SMARTS) is 1. The van der Waals surface area contributed by atoms with Crippen molar-refractivity contribution in [2.75, 3.05) is 27.8 Å². The van der Waals surface area contributed by atoms with Crippen LogP contribution in [0.4, 0.5) is 0 Å². The number of carbonyl (C=O) groups is 5. The molecular formula is C41H45N3O9. The normalized spacial score (nSPS) is 12.4. The highest BCUT2D eigenvalue weighted by Gasteiger charge is 2.38. The molecule has 0 aromatic heterocycles. The van der Waals surface area contributed by atoms with Gasteiger partial charge < -0.3 is 34.8 Å². The largest absolute Gasteiger partial charge is 0.508 e. The average Bonchev–Trinajstić information content (AvgIpc) is 3.17. The van der Waals surface area contributed by atoms with Gasteiger partial charge >= 0.3 is 11.9 Å². The molecule has 0 radical (unpaired) electrons. The van der Waals surface area contributed by atoms with Crippen molar-refractivity contribution in [3.05, 3.63) is 131 Å². The van der Waals surface area contributed by atoms with Gasteiger partial charge in [0.15, 0.2) is 6.61 Å². The van der Waals surface area contributed by atoms with Crippen LogP contribution in [-0.4, -0.2) is 95.6 Å². The summed E-state index contributed by atoms with van der Waals surface area (Å²) in [4.78, 5) is 69.4. The number of esters is 1. The van der Waals surface area contributed by atoms with Crippen molar-refractivity contribution in [2.24, 2.45) is 0 Å². The minimum atomic E-state index is -1.35. The lowest BCUT2D eigenvalue weighted by Gasteiger charge is -2.35. The highest BCUT2D eigenvalue weighted by Crippen LogP contribution is 2.20. The Hall–Kier alpha value is -6.17. The first-order chi connectivity index (χ1) is 25.4. The monoisotopic (exact) mass is 723 g/mol. The van der Waals surface area contributed by atoms with Gasteiger partial charge in [-0.05, 0) is 52.9 Å². The number of methoxy groups -OCH3 is 1. The van der Waals surface area contributed by atoms with Crippen molar-refractivity contribution < 1.29 is 43.7 Å². The van der Waals surface area contributed by atoms with Crippen molar-refractivity contribution in [1.82, 2.24) is 15.1 Å². The number of rotatable bonds is 18. The predicted octanol–water partition coefficient (Wildman–Crippen LogP) is 3.83. The lowest BCUT2D eigenvalue weighted by Crippen LogP contribution is -2.58. The molecule has 0 aliphatic rings. The molecule has 0 unspecified atom stereocenters. The van der Waals surface area contributed by atoms with Gasteiger partial charge in [-0.3, -0.25) is 14.4 Å². The summed E-state index contributed by atoms with van der Waals surface area (Å²) in [6.45, 7) is -0.886. The van der Waals surface area contributed by atoms with Crippen LogP contribution in [0, 0.1) is 0 Å². The van der Waals surface area contributed by atoms with E-state index in [9.17, 15) is 34.2 Å². The second-order valence-electron chi connectivity index (χ2n) is 12.6. The van der Waals surface area contributed by atoms with Gasteiger partial charge in [-0.25, -0.2) is 9.59 Å². The van der Waals surface area contributed by atoms with Crippen LogP contribution in [-0.2, 0) is 54.4 Å². The molecule has 4 aromatic rings. The molecule has 0 fully saturated rings. The van der Waals surface area contributed by atoms with E-state index in [1.165, 1.54) is 43.1 Å². The van der Waals surface area contributed by atoms with Crippen LogP contribution in [0.15, 0.2) is 109 Å². The minimum Gasteiger partial charge on any atom is -0.508 e. The number of aryl methyl sites for hydroxylation is 1. The molecule has 53 heavy (non-hydrogen) atoms. The zero-order chi connectivity index (χ0) is 38.3. The Bertz CT molecular complexity index is 1820. The Kier molecular flexibility index (Phi) is 14.5. The third-order valence-corrected chi connectivity index (χ3v) is 8.88. The molecule has 3 atom stereocenters. The van der Waals surface area contributed by atoms with E-state index in [0.717, 1.165) is 5.56 Å². The molecule has 0 aliphatic carbocycles. The standard InChI is InChI=1S/C41H45N3O9/c1-43(39(49)34(24-30-14-19-32(45)20-15-30)42-37(46)23-18-28-10-6-4-7-11-28)35(25-31-16-21-33(52-3)22-17-31)40(50)44(2)36(41(51)53-27-38(47)48)26-29-12-8-5-9-13-29/h4-17,19-22,34-36,45H,18,23-27H2,1-3H3,(H,42,46)(H,47,48)/t34-,35+,36+/m1/s1. The van der Waals surface area contributed by atoms with E-state index in [1.807, 2.05) is 30.3 Å². The lowest BCUT2D eigenvalue weighted by atomic mass is 9.98. The van der Waals surface area contributed by atoms with E-state index in [-0.39, 0.29) is 37.3 Å². The molecule has 278 valence electrons. The van der Waals surface area contributed by atoms with Crippen LogP contribution >= 0.6 is 0 Å². The second kappa shape index (κ2) is 19.4. The molecule has 3 N–H and O–H groups in total. The first-order valence-electron chi connectivity index (χ1n) is 17.1. The van der Waals surface area contributed by atoms with Crippen LogP contribution in [0.25, 0.3) is 0 Å². The first kappa shape index (κ1) is 39.6. The van der Waals surface area contributed by atoms with Gasteiger partial charge in [0, 0.05) is 39.8 Å². The van der Waals surface area contributed by atoms with Crippen LogP contribution in [0.5, 0.6) is 11.5 Å². The fraction of sp³-hybridized carbons (Fsp3) is 0.293. The molecule has 3 amide bonds. The summed E-state index contributed by atoms with van der Waals surface area (Å²) in [5.41, 5.74) is 3.01. The predicted molar refractivity (Wildman–Crippen MR) is 197 cm³/mol. The summed E-state index contributed by atoms with van der Waals surface area (Å²) in [7, 11) is 4.41. The van der Waals surface area contributed by atoms with Crippen LogP contribution in [0.1, 0.15) is 28.7 Å². The summed E-state index contributed by atoms with van der Waals surface area (Å²) in [6, 6.07) is 28.1. The van der Waals surface area contributed by atoms with Gasteiger partial charge in [0.2, 0.25) is 17.7 Å². The van der Waals surface area contributed by atoms with E-state index in [2.05, 4.69) is 5.32 Å².